The molecule has 0 aliphatic carbocycles. The lowest BCUT2D eigenvalue weighted by Gasteiger charge is -1.98. The van der Waals surface area contributed by atoms with Gasteiger partial charge in [0.1, 0.15) is 11.6 Å². The van der Waals surface area contributed by atoms with Crippen LogP contribution in [0.3, 0.4) is 0 Å². The van der Waals surface area contributed by atoms with E-state index in [1.165, 1.54) is 0 Å². The third-order valence-electron chi connectivity index (χ3n) is 1.37. The first-order chi connectivity index (χ1) is 5.24. The molecule has 0 aliphatic heterocycles. The molecule has 1 nitrogen and oxygen atoms in total. The molecule has 0 N–H and O–H groups in total. The second-order valence-corrected chi connectivity index (χ2v) is 2.33. The Kier molecular flexibility index (Phi) is 2.52. The highest BCUT2D eigenvalue weighted by atomic mass is 19.1. The average Bonchev–Trinajstić information content (AvgIpc) is 1.95. The topological polar surface area (TPSA) is 12.9 Å². The molecule has 0 aliphatic rings. The monoisotopic (exact) mass is 157 g/mol. The zero-order chi connectivity index (χ0) is 8.27. The van der Waals surface area contributed by atoms with Gasteiger partial charge in [-0.3, -0.25) is 4.98 Å². The largest absolute Gasteiger partial charge is 0.255 e. The molecule has 1 heterocycles. The van der Waals surface area contributed by atoms with E-state index in [0.29, 0.717) is 12.1 Å². The second-order valence-electron chi connectivity index (χ2n) is 2.33. The van der Waals surface area contributed by atoms with Crippen molar-refractivity contribution in [1.29, 1.82) is 0 Å². The maximum Gasteiger partial charge on any atom is 0.147 e. The highest BCUT2D eigenvalue weighted by Gasteiger charge is 2.02. The van der Waals surface area contributed by atoms with Gasteiger partial charge in [-0.1, -0.05) is 13.3 Å². The van der Waals surface area contributed by atoms with Gasteiger partial charge in [0.25, 0.3) is 0 Å². The second kappa shape index (κ2) is 3.42. The van der Waals surface area contributed by atoms with Crippen LogP contribution >= 0.6 is 0 Å². The number of halogens is 2. The Bertz CT molecular complexity index is 248. The number of nitrogens with zero attached hydrogens (tertiary/aromatic N) is 1. The van der Waals surface area contributed by atoms with Gasteiger partial charge in [0.15, 0.2) is 0 Å². The molecule has 3 heteroatoms. The van der Waals surface area contributed by atoms with Crippen LogP contribution in [0.15, 0.2) is 12.3 Å². The Hall–Kier alpha value is -0.990. The van der Waals surface area contributed by atoms with E-state index < -0.39 is 11.6 Å². The van der Waals surface area contributed by atoms with E-state index in [0.717, 1.165) is 18.7 Å². The fourth-order valence-corrected chi connectivity index (χ4v) is 0.864. The van der Waals surface area contributed by atoms with Gasteiger partial charge in [0, 0.05) is 6.07 Å². The third-order valence-corrected chi connectivity index (χ3v) is 1.37. The third kappa shape index (κ3) is 1.97. The average molecular weight is 157 g/mol. The summed E-state index contributed by atoms with van der Waals surface area (Å²) in [4.78, 5) is 3.62. The molecular weight excluding hydrogens is 148 g/mol. The normalized spacial score (nSPS) is 10.1. The first-order valence-electron chi connectivity index (χ1n) is 3.54. The van der Waals surface area contributed by atoms with Crippen molar-refractivity contribution in [2.45, 2.75) is 19.8 Å². The van der Waals surface area contributed by atoms with Gasteiger partial charge in [0.2, 0.25) is 0 Å². The predicted molar refractivity (Wildman–Crippen MR) is 38.1 cm³/mol. The molecule has 0 unspecified atom stereocenters. The first-order valence-corrected chi connectivity index (χ1v) is 3.54. The number of hydrogen-bond acceptors (Lipinski definition) is 1. The van der Waals surface area contributed by atoms with Gasteiger partial charge < -0.3 is 0 Å². The van der Waals surface area contributed by atoms with Gasteiger partial charge in [-0.2, -0.15) is 0 Å². The highest BCUT2D eigenvalue weighted by molar-refractivity contribution is 5.08. The van der Waals surface area contributed by atoms with Crippen molar-refractivity contribution in [3.05, 3.63) is 29.6 Å². The number of aromatic nitrogens is 1. The summed E-state index contributed by atoms with van der Waals surface area (Å²) in [6.07, 6.45) is 2.41. The molecule has 0 bridgehead atoms. The molecule has 11 heavy (non-hydrogen) atoms. The zero-order valence-electron chi connectivity index (χ0n) is 6.27. The predicted octanol–water partition coefficient (Wildman–Crippen LogP) is 2.31. The number of aryl methyl sites for hydroxylation is 1. The lowest BCUT2D eigenvalue weighted by molar-refractivity contribution is 0.556. The summed E-state index contributed by atoms with van der Waals surface area (Å²) in [7, 11) is 0. The van der Waals surface area contributed by atoms with Crippen LogP contribution < -0.4 is 0 Å². The van der Waals surface area contributed by atoms with E-state index in [4.69, 9.17) is 0 Å². The highest BCUT2D eigenvalue weighted by Crippen LogP contribution is 2.07. The minimum atomic E-state index is -0.623. The summed E-state index contributed by atoms with van der Waals surface area (Å²) in [5, 5.41) is 0. The van der Waals surface area contributed by atoms with E-state index in [9.17, 15) is 8.78 Å². The smallest absolute Gasteiger partial charge is 0.147 e. The zero-order valence-corrected chi connectivity index (χ0v) is 6.27. The van der Waals surface area contributed by atoms with Crippen LogP contribution in [0.2, 0.25) is 0 Å². The van der Waals surface area contributed by atoms with Crippen LogP contribution in [0.4, 0.5) is 8.78 Å². The molecular formula is C8H9F2N. The molecule has 0 spiro atoms. The Balaban J connectivity index is 2.90. The van der Waals surface area contributed by atoms with E-state index >= 15 is 0 Å². The summed E-state index contributed by atoms with van der Waals surface area (Å²) in [5.74, 6) is -1.17. The molecule has 0 radical (unpaired) electrons. The maximum absolute atomic E-state index is 12.7. The van der Waals surface area contributed by atoms with Crippen molar-refractivity contribution in [2.75, 3.05) is 0 Å². The summed E-state index contributed by atoms with van der Waals surface area (Å²) in [6, 6.07) is 0.859. The first kappa shape index (κ1) is 8.11. The van der Waals surface area contributed by atoms with E-state index in [1.54, 1.807) is 0 Å². The van der Waals surface area contributed by atoms with Crippen molar-refractivity contribution in [3.63, 3.8) is 0 Å². The minimum Gasteiger partial charge on any atom is -0.255 e. The molecule has 60 valence electrons. The van der Waals surface area contributed by atoms with Crippen LogP contribution in [-0.2, 0) is 6.42 Å². The molecule has 0 saturated heterocycles. The lowest BCUT2D eigenvalue weighted by Crippen LogP contribution is -1.94. The Morgan fingerprint density at radius 1 is 1.45 bits per heavy atom. The van der Waals surface area contributed by atoms with Crippen LogP contribution in [0.25, 0.3) is 0 Å². The molecule has 0 saturated carbocycles. The Morgan fingerprint density at radius 2 is 2.18 bits per heavy atom. The van der Waals surface area contributed by atoms with Crippen LogP contribution in [0.1, 0.15) is 19.0 Å². The van der Waals surface area contributed by atoms with Gasteiger partial charge in [-0.25, -0.2) is 8.78 Å². The fraction of sp³-hybridized carbons (Fsp3) is 0.375. The number of pyridine rings is 1. The fourth-order valence-electron chi connectivity index (χ4n) is 0.864. The molecule has 0 atom stereocenters. The van der Waals surface area contributed by atoms with Crippen molar-refractivity contribution in [1.82, 2.24) is 4.98 Å². The van der Waals surface area contributed by atoms with Crippen molar-refractivity contribution in [3.8, 4) is 0 Å². The summed E-state index contributed by atoms with van der Waals surface area (Å²) < 4.78 is 25.0. The molecule has 0 aromatic carbocycles. The lowest BCUT2D eigenvalue weighted by atomic mass is 10.2. The van der Waals surface area contributed by atoms with Crippen LogP contribution in [-0.4, -0.2) is 4.98 Å². The van der Waals surface area contributed by atoms with Gasteiger partial charge >= 0.3 is 0 Å². The molecule has 1 aromatic rings. The standard InChI is InChI=1S/C8H9F2N/c1-2-3-8-7(10)4-6(9)5-11-8/h4-5H,2-3H2,1H3. The Labute approximate surface area is 64.1 Å². The van der Waals surface area contributed by atoms with Crippen molar-refractivity contribution >= 4 is 0 Å². The van der Waals surface area contributed by atoms with E-state index in [1.807, 2.05) is 6.92 Å². The van der Waals surface area contributed by atoms with Gasteiger partial charge in [0.05, 0.1) is 11.9 Å². The summed E-state index contributed by atoms with van der Waals surface area (Å²) in [5.41, 5.74) is 0.342. The SMILES string of the molecule is CCCc1ncc(F)cc1F. The maximum atomic E-state index is 12.7. The molecule has 0 amide bonds. The quantitative estimate of drug-likeness (QED) is 0.642. The molecule has 0 fully saturated rings. The van der Waals surface area contributed by atoms with E-state index in [2.05, 4.69) is 4.98 Å². The molecule has 1 aromatic heterocycles. The van der Waals surface area contributed by atoms with Gasteiger partial charge in [-0.05, 0) is 6.42 Å². The van der Waals surface area contributed by atoms with Crippen LogP contribution in [0, 0.1) is 11.6 Å². The number of rotatable bonds is 2. The summed E-state index contributed by atoms with van der Waals surface area (Å²) in [6.45, 7) is 1.92. The van der Waals surface area contributed by atoms with Crippen LogP contribution in [0.5, 0.6) is 0 Å². The summed E-state index contributed by atoms with van der Waals surface area (Å²) >= 11 is 0. The Morgan fingerprint density at radius 3 is 2.73 bits per heavy atom. The van der Waals surface area contributed by atoms with Gasteiger partial charge in [-0.15, -0.1) is 0 Å². The van der Waals surface area contributed by atoms with Crippen molar-refractivity contribution < 1.29 is 8.78 Å². The number of hydrogen-bond donors (Lipinski definition) is 0. The minimum absolute atomic E-state index is 0.342. The van der Waals surface area contributed by atoms with Crippen molar-refractivity contribution in [2.24, 2.45) is 0 Å². The van der Waals surface area contributed by atoms with E-state index in [-0.39, 0.29) is 0 Å². The molecule has 1 rings (SSSR count).